The van der Waals surface area contributed by atoms with Crippen LogP contribution in [0.4, 0.5) is 5.69 Å². The van der Waals surface area contributed by atoms with Crippen LogP contribution >= 0.6 is 0 Å². The summed E-state index contributed by atoms with van der Waals surface area (Å²) in [5, 5.41) is 9.10. The molecule has 0 bridgehead atoms. The van der Waals surface area contributed by atoms with E-state index in [9.17, 15) is 0 Å². The van der Waals surface area contributed by atoms with E-state index in [2.05, 4.69) is 37.8 Å². The molecular weight excluding hydrogens is 196 g/mol. The van der Waals surface area contributed by atoms with Crippen LogP contribution in [0.2, 0.25) is 0 Å². The van der Waals surface area contributed by atoms with Crippen LogP contribution in [0.3, 0.4) is 0 Å². The summed E-state index contributed by atoms with van der Waals surface area (Å²) in [5.74, 6) is 0. The zero-order valence-electron chi connectivity index (χ0n) is 10.5. The predicted molar refractivity (Wildman–Crippen MR) is 68.7 cm³/mol. The van der Waals surface area contributed by atoms with Gasteiger partial charge in [0.1, 0.15) is 6.07 Å². The monoisotopic (exact) mass is 216 g/mol. The van der Waals surface area contributed by atoms with Gasteiger partial charge < -0.3 is 4.90 Å². The van der Waals surface area contributed by atoms with Crippen LogP contribution in [0.1, 0.15) is 37.8 Å². The molecule has 0 aliphatic carbocycles. The SMILES string of the molecule is CCCCN(CC)c1cc(C)ccc1C#N. The summed E-state index contributed by atoms with van der Waals surface area (Å²) in [6, 6.07) is 8.29. The van der Waals surface area contributed by atoms with Gasteiger partial charge in [-0.05, 0) is 38.0 Å². The van der Waals surface area contributed by atoms with E-state index in [0.717, 1.165) is 24.3 Å². The van der Waals surface area contributed by atoms with E-state index < -0.39 is 0 Å². The van der Waals surface area contributed by atoms with Crippen molar-refractivity contribution in [3.63, 3.8) is 0 Å². The van der Waals surface area contributed by atoms with Crippen molar-refractivity contribution >= 4 is 5.69 Å². The molecule has 0 atom stereocenters. The fourth-order valence-electron chi connectivity index (χ4n) is 1.80. The van der Waals surface area contributed by atoms with E-state index >= 15 is 0 Å². The number of nitriles is 1. The number of nitrogens with zero attached hydrogens (tertiary/aromatic N) is 2. The lowest BCUT2D eigenvalue weighted by Gasteiger charge is -2.24. The van der Waals surface area contributed by atoms with Crippen LogP contribution in [-0.4, -0.2) is 13.1 Å². The molecular formula is C14H20N2. The second kappa shape index (κ2) is 6.17. The van der Waals surface area contributed by atoms with Crippen LogP contribution in [0.25, 0.3) is 0 Å². The molecule has 0 unspecified atom stereocenters. The fourth-order valence-corrected chi connectivity index (χ4v) is 1.80. The molecule has 0 heterocycles. The highest BCUT2D eigenvalue weighted by Gasteiger charge is 2.09. The molecule has 0 spiro atoms. The molecule has 0 radical (unpaired) electrons. The second-order valence-electron chi connectivity index (χ2n) is 4.07. The Morgan fingerprint density at radius 1 is 1.31 bits per heavy atom. The van der Waals surface area contributed by atoms with Gasteiger partial charge in [0.2, 0.25) is 0 Å². The minimum atomic E-state index is 0.781. The zero-order chi connectivity index (χ0) is 12.0. The molecule has 2 heteroatoms. The Morgan fingerprint density at radius 3 is 2.62 bits per heavy atom. The second-order valence-corrected chi connectivity index (χ2v) is 4.07. The van der Waals surface area contributed by atoms with Gasteiger partial charge in [0.25, 0.3) is 0 Å². The number of hydrogen-bond acceptors (Lipinski definition) is 2. The van der Waals surface area contributed by atoms with Crippen molar-refractivity contribution in [3.8, 4) is 6.07 Å². The van der Waals surface area contributed by atoms with Gasteiger partial charge in [0.05, 0.1) is 11.3 Å². The fraction of sp³-hybridized carbons (Fsp3) is 0.500. The van der Waals surface area contributed by atoms with Gasteiger partial charge in [-0.3, -0.25) is 0 Å². The lowest BCUT2D eigenvalue weighted by atomic mass is 10.1. The molecule has 2 nitrogen and oxygen atoms in total. The summed E-state index contributed by atoms with van der Waals surface area (Å²) < 4.78 is 0. The quantitative estimate of drug-likeness (QED) is 0.753. The van der Waals surface area contributed by atoms with E-state index in [1.807, 2.05) is 12.1 Å². The Bertz CT molecular complexity index is 377. The first kappa shape index (κ1) is 12.6. The van der Waals surface area contributed by atoms with Crippen molar-refractivity contribution in [3.05, 3.63) is 29.3 Å². The largest absolute Gasteiger partial charge is 0.371 e. The standard InChI is InChI=1S/C14H20N2/c1-4-6-9-16(5-2)14-10-12(3)7-8-13(14)11-15/h7-8,10H,4-6,9H2,1-3H3. The molecule has 1 aromatic carbocycles. The van der Waals surface area contributed by atoms with E-state index in [0.29, 0.717) is 0 Å². The lowest BCUT2D eigenvalue weighted by Crippen LogP contribution is -2.24. The molecule has 0 saturated carbocycles. The summed E-state index contributed by atoms with van der Waals surface area (Å²) in [6.45, 7) is 8.38. The van der Waals surface area contributed by atoms with Crippen molar-refractivity contribution in [2.24, 2.45) is 0 Å². The topological polar surface area (TPSA) is 27.0 Å². The van der Waals surface area contributed by atoms with Crippen molar-refractivity contribution in [1.82, 2.24) is 0 Å². The van der Waals surface area contributed by atoms with Crippen LogP contribution in [0.5, 0.6) is 0 Å². The van der Waals surface area contributed by atoms with Crippen LogP contribution in [0.15, 0.2) is 18.2 Å². The molecule has 0 aromatic heterocycles. The molecule has 86 valence electrons. The van der Waals surface area contributed by atoms with Gasteiger partial charge in [-0.25, -0.2) is 0 Å². The average molecular weight is 216 g/mol. The first-order valence-corrected chi connectivity index (χ1v) is 5.98. The van der Waals surface area contributed by atoms with Crippen molar-refractivity contribution in [1.29, 1.82) is 5.26 Å². The number of hydrogen-bond donors (Lipinski definition) is 0. The first-order chi connectivity index (χ1) is 7.72. The summed E-state index contributed by atoms with van der Waals surface area (Å²) in [6.07, 6.45) is 2.36. The van der Waals surface area contributed by atoms with E-state index in [-0.39, 0.29) is 0 Å². The van der Waals surface area contributed by atoms with Gasteiger partial charge >= 0.3 is 0 Å². The summed E-state index contributed by atoms with van der Waals surface area (Å²) in [4.78, 5) is 2.29. The smallest absolute Gasteiger partial charge is 0.101 e. The highest BCUT2D eigenvalue weighted by Crippen LogP contribution is 2.21. The molecule has 0 aliphatic rings. The Morgan fingerprint density at radius 2 is 2.06 bits per heavy atom. The van der Waals surface area contributed by atoms with Crippen molar-refractivity contribution in [2.45, 2.75) is 33.6 Å². The van der Waals surface area contributed by atoms with Crippen LogP contribution in [0, 0.1) is 18.3 Å². The minimum absolute atomic E-state index is 0.781. The molecule has 1 rings (SSSR count). The highest BCUT2D eigenvalue weighted by atomic mass is 15.1. The average Bonchev–Trinajstić information content (AvgIpc) is 2.30. The number of rotatable bonds is 5. The Balaban J connectivity index is 2.98. The molecule has 0 amide bonds. The molecule has 0 aliphatic heterocycles. The molecule has 16 heavy (non-hydrogen) atoms. The maximum absolute atomic E-state index is 9.10. The Labute approximate surface area is 98.5 Å². The molecule has 1 aromatic rings. The third-order valence-corrected chi connectivity index (χ3v) is 2.78. The van der Waals surface area contributed by atoms with Crippen LogP contribution < -0.4 is 4.90 Å². The lowest BCUT2D eigenvalue weighted by molar-refractivity contribution is 0.731. The van der Waals surface area contributed by atoms with Crippen molar-refractivity contribution < 1.29 is 0 Å². The third-order valence-electron chi connectivity index (χ3n) is 2.78. The Hall–Kier alpha value is -1.49. The third kappa shape index (κ3) is 3.00. The summed E-state index contributed by atoms with van der Waals surface area (Å²) >= 11 is 0. The van der Waals surface area contributed by atoms with E-state index in [4.69, 9.17) is 5.26 Å². The number of unbranched alkanes of at least 4 members (excludes halogenated alkanes) is 1. The molecule has 0 N–H and O–H groups in total. The van der Waals surface area contributed by atoms with Crippen LogP contribution in [-0.2, 0) is 0 Å². The van der Waals surface area contributed by atoms with Gasteiger partial charge in [-0.2, -0.15) is 5.26 Å². The van der Waals surface area contributed by atoms with E-state index in [1.54, 1.807) is 0 Å². The number of benzene rings is 1. The number of aryl methyl sites for hydroxylation is 1. The van der Waals surface area contributed by atoms with Crippen molar-refractivity contribution in [2.75, 3.05) is 18.0 Å². The van der Waals surface area contributed by atoms with Gasteiger partial charge in [0, 0.05) is 13.1 Å². The maximum Gasteiger partial charge on any atom is 0.101 e. The predicted octanol–water partition coefficient (Wildman–Crippen LogP) is 3.49. The molecule has 0 saturated heterocycles. The number of anilines is 1. The van der Waals surface area contributed by atoms with Gasteiger partial charge in [-0.1, -0.05) is 19.4 Å². The van der Waals surface area contributed by atoms with Gasteiger partial charge in [-0.15, -0.1) is 0 Å². The summed E-state index contributed by atoms with van der Waals surface area (Å²) in [5.41, 5.74) is 3.07. The normalized spacial score (nSPS) is 9.88. The minimum Gasteiger partial charge on any atom is -0.371 e. The van der Waals surface area contributed by atoms with Gasteiger partial charge in [0.15, 0.2) is 0 Å². The molecule has 0 fully saturated rings. The summed E-state index contributed by atoms with van der Waals surface area (Å²) in [7, 11) is 0. The van der Waals surface area contributed by atoms with E-state index in [1.165, 1.54) is 18.4 Å². The highest BCUT2D eigenvalue weighted by molar-refractivity contribution is 5.60. The Kier molecular flexibility index (Phi) is 4.85. The first-order valence-electron chi connectivity index (χ1n) is 5.98. The maximum atomic E-state index is 9.10. The zero-order valence-corrected chi connectivity index (χ0v) is 10.5.